The summed E-state index contributed by atoms with van der Waals surface area (Å²) >= 11 is 0. The standard InChI is InChI=1S/C11H13N5O2/c1-7-4-13-3-2-8(7)11-15-10(18-16-11)6-14-5-9(12)17/h2-4,14H,5-6H2,1H3,(H2,12,17). The summed E-state index contributed by atoms with van der Waals surface area (Å²) in [6.45, 7) is 2.30. The normalized spacial score (nSPS) is 10.5. The van der Waals surface area contributed by atoms with Gasteiger partial charge in [0.25, 0.3) is 0 Å². The average Bonchev–Trinajstić information content (AvgIpc) is 2.78. The van der Waals surface area contributed by atoms with Gasteiger partial charge in [0.15, 0.2) is 0 Å². The third-order valence-electron chi connectivity index (χ3n) is 2.30. The molecule has 7 nitrogen and oxygen atoms in total. The molecule has 2 aromatic heterocycles. The van der Waals surface area contributed by atoms with Crippen LogP contribution in [-0.2, 0) is 11.3 Å². The second kappa shape index (κ2) is 5.37. The van der Waals surface area contributed by atoms with E-state index in [9.17, 15) is 4.79 Å². The van der Waals surface area contributed by atoms with E-state index in [0.717, 1.165) is 11.1 Å². The Bertz CT molecular complexity index is 552. The fraction of sp³-hybridized carbons (Fsp3) is 0.273. The minimum Gasteiger partial charge on any atom is -0.369 e. The predicted octanol–water partition coefficient (Wildman–Crippen LogP) is 0.0149. The first-order chi connectivity index (χ1) is 8.66. The molecule has 0 aliphatic carbocycles. The molecule has 0 saturated heterocycles. The zero-order valence-electron chi connectivity index (χ0n) is 9.88. The molecule has 0 aliphatic rings. The number of amides is 1. The Kier molecular flexibility index (Phi) is 3.63. The lowest BCUT2D eigenvalue weighted by atomic mass is 10.1. The summed E-state index contributed by atoms with van der Waals surface area (Å²) in [6.07, 6.45) is 3.40. The minimum atomic E-state index is -0.431. The van der Waals surface area contributed by atoms with Crippen molar-refractivity contribution in [3.63, 3.8) is 0 Å². The van der Waals surface area contributed by atoms with E-state index in [1.165, 1.54) is 0 Å². The van der Waals surface area contributed by atoms with E-state index in [-0.39, 0.29) is 6.54 Å². The van der Waals surface area contributed by atoms with Gasteiger partial charge in [-0.05, 0) is 18.6 Å². The van der Waals surface area contributed by atoms with Crippen LogP contribution in [0.25, 0.3) is 11.4 Å². The number of pyridine rings is 1. The average molecular weight is 247 g/mol. The third-order valence-corrected chi connectivity index (χ3v) is 2.30. The van der Waals surface area contributed by atoms with Crippen LogP contribution in [0.15, 0.2) is 23.0 Å². The van der Waals surface area contributed by atoms with Gasteiger partial charge in [0, 0.05) is 18.0 Å². The molecule has 0 bridgehead atoms. The van der Waals surface area contributed by atoms with Crippen molar-refractivity contribution < 1.29 is 9.32 Å². The molecule has 2 heterocycles. The fourth-order valence-corrected chi connectivity index (χ4v) is 1.45. The second-order valence-corrected chi connectivity index (χ2v) is 3.77. The number of nitrogens with two attached hydrogens (primary N) is 1. The van der Waals surface area contributed by atoms with Crippen LogP contribution in [0, 0.1) is 6.92 Å². The lowest BCUT2D eigenvalue weighted by molar-refractivity contribution is -0.117. The van der Waals surface area contributed by atoms with Gasteiger partial charge in [-0.15, -0.1) is 0 Å². The lowest BCUT2D eigenvalue weighted by Crippen LogP contribution is -2.28. The highest BCUT2D eigenvalue weighted by molar-refractivity contribution is 5.75. The summed E-state index contributed by atoms with van der Waals surface area (Å²) in [5.41, 5.74) is 6.84. The zero-order valence-corrected chi connectivity index (χ0v) is 9.88. The number of carbonyl (C=O) groups excluding carboxylic acids is 1. The van der Waals surface area contributed by atoms with Crippen LogP contribution in [0.2, 0.25) is 0 Å². The van der Waals surface area contributed by atoms with Crippen molar-refractivity contribution in [2.75, 3.05) is 6.54 Å². The summed E-state index contributed by atoms with van der Waals surface area (Å²) in [5.74, 6) is 0.480. The molecule has 3 N–H and O–H groups in total. The number of aromatic nitrogens is 3. The van der Waals surface area contributed by atoms with Crippen LogP contribution < -0.4 is 11.1 Å². The monoisotopic (exact) mass is 247 g/mol. The summed E-state index contributed by atoms with van der Waals surface area (Å²) in [4.78, 5) is 18.8. The second-order valence-electron chi connectivity index (χ2n) is 3.77. The number of nitrogens with one attached hydrogen (secondary N) is 1. The Morgan fingerprint density at radius 3 is 3.11 bits per heavy atom. The zero-order chi connectivity index (χ0) is 13.0. The fourth-order valence-electron chi connectivity index (χ4n) is 1.45. The van der Waals surface area contributed by atoms with E-state index in [1.807, 2.05) is 13.0 Å². The quantitative estimate of drug-likeness (QED) is 0.771. The molecule has 2 rings (SSSR count). The van der Waals surface area contributed by atoms with Crippen molar-refractivity contribution in [2.24, 2.45) is 5.73 Å². The smallest absolute Gasteiger partial charge is 0.240 e. The number of aryl methyl sites for hydroxylation is 1. The minimum absolute atomic E-state index is 0.0754. The van der Waals surface area contributed by atoms with Crippen LogP contribution in [-0.4, -0.2) is 27.6 Å². The van der Waals surface area contributed by atoms with E-state index in [4.69, 9.17) is 10.3 Å². The van der Waals surface area contributed by atoms with Crippen LogP contribution in [0.3, 0.4) is 0 Å². The molecule has 0 aliphatic heterocycles. The summed E-state index contributed by atoms with van der Waals surface area (Å²) < 4.78 is 5.06. The summed E-state index contributed by atoms with van der Waals surface area (Å²) in [5, 5.41) is 6.67. The van der Waals surface area contributed by atoms with Gasteiger partial charge < -0.3 is 10.3 Å². The Morgan fingerprint density at radius 1 is 1.56 bits per heavy atom. The predicted molar refractivity (Wildman–Crippen MR) is 63.2 cm³/mol. The van der Waals surface area contributed by atoms with Crippen molar-refractivity contribution in [3.05, 3.63) is 29.9 Å². The highest BCUT2D eigenvalue weighted by atomic mass is 16.5. The van der Waals surface area contributed by atoms with E-state index in [1.54, 1.807) is 12.4 Å². The molecule has 0 saturated carbocycles. The van der Waals surface area contributed by atoms with Crippen LogP contribution in [0.5, 0.6) is 0 Å². The number of carbonyl (C=O) groups is 1. The van der Waals surface area contributed by atoms with Gasteiger partial charge in [-0.3, -0.25) is 15.1 Å². The molecule has 94 valence electrons. The van der Waals surface area contributed by atoms with Crippen molar-refractivity contribution in [1.82, 2.24) is 20.4 Å². The van der Waals surface area contributed by atoms with E-state index in [0.29, 0.717) is 18.3 Å². The Morgan fingerprint density at radius 2 is 2.39 bits per heavy atom. The Hall–Kier alpha value is -2.28. The van der Waals surface area contributed by atoms with Gasteiger partial charge in [0.05, 0.1) is 13.1 Å². The highest BCUT2D eigenvalue weighted by Gasteiger charge is 2.10. The number of hydrogen-bond acceptors (Lipinski definition) is 6. The van der Waals surface area contributed by atoms with E-state index in [2.05, 4.69) is 20.4 Å². The van der Waals surface area contributed by atoms with E-state index >= 15 is 0 Å². The molecule has 0 atom stereocenters. The highest BCUT2D eigenvalue weighted by Crippen LogP contribution is 2.18. The molecule has 0 fully saturated rings. The molecule has 1 amide bonds. The first-order valence-electron chi connectivity index (χ1n) is 5.39. The van der Waals surface area contributed by atoms with Crippen LogP contribution in [0.1, 0.15) is 11.5 Å². The van der Waals surface area contributed by atoms with Crippen molar-refractivity contribution in [1.29, 1.82) is 0 Å². The van der Waals surface area contributed by atoms with Gasteiger partial charge in [-0.1, -0.05) is 5.16 Å². The van der Waals surface area contributed by atoms with Gasteiger partial charge in [0.1, 0.15) is 0 Å². The molecular weight excluding hydrogens is 234 g/mol. The first kappa shape index (κ1) is 12.2. The lowest BCUT2D eigenvalue weighted by Gasteiger charge is -1.97. The van der Waals surface area contributed by atoms with Gasteiger partial charge >= 0.3 is 0 Å². The number of nitrogens with zero attached hydrogens (tertiary/aromatic N) is 3. The molecule has 0 radical (unpaired) electrons. The molecule has 0 spiro atoms. The first-order valence-corrected chi connectivity index (χ1v) is 5.39. The number of hydrogen-bond donors (Lipinski definition) is 2. The van der Waals surface area contributed by atoms with Crippen molar-refractivity contribution in [2.45, 2.75) is 13.5 Å². The Balaban J connectivity index is 2.06. The molecule has 0 aromatic carbocycles. The number of rotatable bonds is 5. The van der Waals surface area contributed by atoms with Crippen molar-refractivity contribution >= 4 is 5.91 Å². The molecular formula is C11H13N5O2. The third kappa shape index (κ3) is 2.89. The summed E-state index contributed by atoms with van der Waals surface area (Å²) in [6, 6.07) is 1.82. The molecule has 0 unspecified atom stereocenters. The molecule has 18 heavy (non-hydrogen) atoms. The van der Waals surface area contributed by atoms with Gasteiger partial charge in [0.2, 0.25) is 17.6 Å². The topological polar surface area (TPSA) is 107 Å². The Labute approximate surface area is 103 Å². The van der Waals surface area contributed by atoms with Crippen LogP contribution in [0.4, 0.5) is 0 Å². The molecule has 7 heteroatoms. The maximum atomic E-state index is 10.5. The summed E-state index contributed by atoms with van der Waals surface area (Å²) in [7, 11) is 0. The van der Waals surface area contributed by atoms with Crippen LogP contribution >= 0.6 is 0 Å². The largest absolute Gasteiger partial charge is 0.369 e. The van der Waals surface area contributed by atoms with Crippen molar-refractivity contribution in [3.8, 4) is 11.4 Å². The maximum absolute atomic E-state index is 10.5. The SMILES string of the molecule is Cc1cnccc1-c1noc(CNCC(N)=O)n1. The van der Waals surface area contributed by atoms with E-state index < -0.39 is 5.91 Å². The van der Waals surface area contributed by atoms with Gasteiger partial charge in [-0.2, -0.15) is 4.98 Å². The maximum Gasteiger partial charge on any atom is 0.240 e. The number of primary amides is 1. The molecule has 2 aromatic rings. The van der Waals surface area contributed by atoms with Gasteiger partial charge in [-0.25, -0.2) is 0 Å².